The Balaban J connectivity index is 2.15. The molecule has 2 rings (SSSR count). The van der Waals surface area contributed by atoms with Crippen molar-refractivity contribution >= 4 is 28.2 Å². The molecule has 152 valence electrons. The predicted molar refractivity (Wildman–Crippen MR) is 93.7 cm³/mol. The first-order valence-corrected chi connectivity index (χ1v) is 10.4. The SMILES string of the molecule is CCCC1C=CC(CCCC(=O)O)C2C(=O)N(CCOS(=O)(=O)O)C(=O)C12. The van der Waals surface area contributed by atoms with Crippen LogP contribution in [0.2, 0.25) is 0 Å². The van der Waals surface area contributed by atoms with Crippen LogP contribution in [0, 0.1) is 23.7 Å². The highest BCUT2D eigenvalue weighted by Crippen LogP contribution is 2.44. The Morgan fingerprint density at radius 1 is 1.15 bits per heavy atom. The van der Waals surface area contributed by atoms with Crippen LogP contribution in [0.1, 0.15) is 39.0 Å². The molecule has 1 saturated heterocycles. The molecule has 10 heteroatoms. The Kier molecular flexibility index (Phi) is 7.12. The van der Waals surface area contributed by atoms with Gasteiger partial charge in [-0.1, -0.05) is 25.5 Å². The zero-order chi connectivity index (χ0) is 20.2. The van der Waals surface area contributed by atoms with Crippen molar-refractivity contribution in [2.75, 3.05) is 13.2 Å². The fraction of sp³-hybridized carbons (Fsp3) is 0.706. The number of likely N-dealkylation sites (tertiary alicyclic amines) is 1. The standard InChI is InChI=1S/C17H25NO8S/c1-2-4-11-7-8-12(5-3-6-13(19)20)15-14(11)16(21)18(17(15)22)9-10-26-27(23,24)25/h7-8,11-12,14-15H,2-6,9-10H2,1H3,(H,19,20)(H,23,24,25). The normalized spacial score (nSPS) is 27.9. The van der Waals surface area contributed by atoms with E-state index < -0.39 is 40.7 Å². The first-order valence-electron chi connectivity index (χ1n) is 9.03. The maximum absolute atomic E-state index is 12.9. The topological polar surface area (TPSA) is 138 Å². The van der Waals surface area contributed by atoms with Gasteiger partial charge < -0.3 is 5.11 Å². The molecular weight excluding hydrogens is 378 g/mol. The van der Waals surface area contributed by atoms with Crippen molar-refractivity contribution in [3.8, 4) is 0 Å². The number of rotatable bonds is 10. The summed E-state index contributed by atoms with van der Waals surface area (Å²) < 4.78 is 34.2. The number of carboxylic acids is 1. The molecule has 1 heterocycles. The second-order valence-electron chi connectivity index (χ2n) is 6.92. The van der Waals surface area contributed by atoms with Crippen LogP contribution in [0.4, 0.5) is 0 Å². The van der Waals surface area contributed by atoms with E-state index in [4.69, 9.17) is 9.66 Å². The van der Waals surface area contributed by atoms with Crippen LogP contribution in [-0.4, -0.2) is 53.9 Å². The summed E-state index contributed by atoms with van der Waals surface area (Å²) in [6.07, 6.45) is 6.32. The molecule has 1 fully saturated rings. The highest BCUT2D eigenvalue weighted by molar-refractivity contribution is 7.80. The molecule has 9 nitrogen and oxygen atoms in total. The van der Waals surface area contributed by atoms with Gasteiger partial charge in [-0.05, 0) is 31.1 Å². The molecule has 0 radical (unpaired) electrons. The molecule has 27 heavy (non-hydrogen) atoms. The number of hydrogen-bond acceptors (Lipinski definition) is 6. The Morgan fingerprint density at radius 2 is 1.70 bits per heavy atom. The third-order valence-electron chi connectivity index (χ3n) is 5.11. The molecule has 0 saturated carbocycles. The van der Waals surface area contributed by atoms with E-state index in [9.17, 15) is 22.8 Å². The number of carbonyl (C=O) groups is 3. The Bertz CT molecular complexity index is 716. The Hall–Kier alpha value is -1.78. The lowest BCUT2D eigenvalue weighted by atomic mass is 9.69. The van der Waals surface area contributed by atoms with Crippen molar-refractivity contribution in [2.45, 2.75) is 39.0 Å². The average Bonchev–Trinajstić information content (AvgIpc) is 2.81. The summed E-state index contributed by atoms with van der Waals surface area (Å²) in [6.45, 7) is 1.22. The molecular formula is C17H25NO8S. The van der Waals surface area contributed by atoms with E-state index >= 15 is 0 Å². The van der Waals surface area contributed by atoms with Crippen LogP contribution in [0.5, 0.6) is 0 Å². The van der Waals surface area contributed by atoms with Crippen molar-refractivity contribution < 1.29 is 36.6 Å². The van der Waals surface area contributed by atoms with E-state index in [2.05, 4.69) is 4.18 Å². The van der Waals surface area contributed by atoms with Crippen molar-refractivity contribution in [2.24, 2.45) is 23.7 Å². The van der Waals surface area contributed by atoms with Gasteiger partial charge in [0.2, 0.25) is 11.8 Å². The Labute approximate surface area is 158 Å². The van der Waals surface area contributed by atoms with E-state index in [1.807, 2.05) is 19.1 Å². The summed E-state index contributed by atoms with van der Waals surface area (Å²) in [5.74, 6) is -3.08. The van der Waals surface area contributed by atoms with Crippen LogP contribution in [0.3, 0.4) is 0 Å². The van der Waals surface area contributed by atoms with Gasteiger partial charge in [-0.3, -0.25) is 23.8 Å². The maximum atomic E-state index is 12.9. The van der Waals surface area contributed by atoms with E-state index in [1.165, 1.54) is 0 Å². The van der Waals surface area contributed by atoms with Crippen LogP contribution in [-0.2, 0) is 29.0 Å². The van der Waals surface area contributed by atoms with Gasteiger partial charge >= 0.3 is 16.4 Å². The quantitative estimate of drug-likeness (QED) is 0.316. The third-order valence-corrected chi connectivity index (χ3v) is 5.58. The van der Waals surface area contributed by atoms with Gasteiger partial charge in [-0.2, -0.15) is 8.42 Å². The zero-order valence-corrected chi connectivity index (χ0v) is 15.9. The van der Waals surface area contributed by atoms with Crippen LogP contribution >= 0.6 is 0 Å². The number of carbonyl (C=O) groups excluding carboxylic acids is 2. The molecule has 0 aromatic rings. The monoisotopic (exact) mass is 403 g/mol. The summed E-state index contributed by atoms with van der Waals surface area (Å²) >= 11 is 0. The van der Waals surface area contributed by atoms with Crippen molar-refractivity contribution in [3.05, 3.63) is 12.2 Å². The van der Waals surface area contributed by atoms with Gasteiger partial charge in [0.05, 0.1) is 25.0 Å². The summed E-state index contributed by atoms with van der Waals surface area (Å²) in [4.78, 5) is 37.4. The van der Waals surface area contributed by atoms with Crippen LogP contribution in [0.25, 0.3) is 0 Å². The summed E-state index contributed by atoms with van der Waals surface area (Å²) in [7, 11) is -4.64. The van der Waals surface area contributed by atoms with E-state index in [-0.39, 0.29) is 30.7 Å². The summed E-state index contributed by atoms with van der Waals surface area (Å²) in [6, 6.07) is 0. The molecule has 1 aliphatic heterocycles. The molecule has 0 spiro atoms. The maximum Gasteiger partial charge on any atom is 0.397 e. The van der Waals surface area contributed by atoms with Gasteiger partial charge in [-0.15, -0.1) is 0 Å². The Morgan fingerprint density at radius 3 is 2.19 bits per heavy atom. The highest BCUT2D eigenvalue weighted by Gasteiger charge is 2.53. The minimum atomic E-state index is -4.64. The first kappa shape index (κ1) is 21.5. The smallest absolute Gasteiger partial charge is 0.397 e. The van der Waals surface area contributed by atoms with Gasteiger partial charge in [-0.25, -0.2) is 4.18 Å². The van der Waals surface area contributed by atoms with E-state index in [1.54, 1.807) is 0 Å². The van der Waals surface area contributed by atoms with Gasteiger partial charge in [0.15, 0.2) is 0 Å². The first-order chi connectivity index (χ1) is 12.7. The molecule has 1 aliphatic carbocycles. The lowest BCUT2D eigenvalue weighted by molar-refractivity contribution is -0.141. The molecule has 2 aliphatic rings. The number of fused-ring (bicyclic) bond motifs is 1. The second-order valence-corrected chi connectivity index (χ2v) is 8.01. The lowest BCUT2D eigenvalue weighted by Crippen LogP contribution is -2.35. The largest absolute Gasteiger partial charge is 0.481 e. The third kappa shape index (κ3) is 5.36. The summed E-state index contributed by atoms with van der Waals surface area (Å²) in [5, 5.41) is 8.81. The number of aliphatic carboxylic acids is 1. The number of nitrogens with zero attached hydrogens (tertiary/aromatic N) is 1. The van der Waals surface area contributed by atoms with Crippen LogP contribution in [0.15, 0.2) is 12.2 Å². The van der Waals surface area contributed by atoms with Gasteiger partial charge in [0.25, 0.3) is 0 Å². The van der Waals surface area contributed by atoms with Crippen LogP contribution < -0.4 is 0 Å². The molecule has 2 N–H and O–H groups in total. The number of hydrogen-bond donors (Lipinski definition) is 2. The fourth-order valence-electron chi connectivity index (χ4n) is 4.03. The lowest BCUT2D eigenvalue weighted by Gasteiger charge is -2.32. The molecule has 0 aromatic carbocycles. The minimum absolute atomic E-state index is 0.00579. The van der Waals surface area contributed by atoms with Gasteiger partial charge in [0.1, 0.15) is 0 Å². The number of allylic oxidation sites excluding steroid dienone is 2. The number of imide groups is 1. The molecule has 4 unspecified atom stereocenters. The fourth-order valence-corrected chi connectivity index (χ4v) is 4.31. The highest BCUT2D eigenvalue weighted by atomic mass is 32.3. The van der Waals surface area contributed by atoms with Crippen molar-refractivity contribution in [1.82, 2.24) is 4.90 Å². The molecule has 0 aromatic heterocycles. The zero-order valence-electron chi connectivity index (χ0n) is 15.1. The predicted octanol–water partition coefficient (Wildman–Crippen LogP) is 1.26. The van der Waals surface area contributed by atoms with Crippen molar-refractivity contribution in [1.29, 1.82) is 0 Å². The van der Waals surface area contributed by atoms with E-state index in [0.29, 0.717) is 12.8 Å². The second kappa shape index (κ2) is 8.94. The number of carboxylic acid groups (broad SMARTS) is 1. The molecule has 0 bridgehead atoms. The summed E-state index contributed by atoms with van der Waals surface area (Å²) in [5.41, 5.74) is 0. The molecule has 4 atom stereocenters. The van der Waals surface area contributed by atoms with Gasteiger partial charge in [0, 0.05) is 6.42 Å². The molecule has 2 amide bonds. The minimum Gasteiger partial charge on any atom is -0.481 e. The van der Waals surface area contributed by atoms with Crippen molar-refractivity contribution in [3.63, 3.8) is 0 Å². The van der Waals surface area contributed by atoms with E-state index in [0.717, 1.165) is 17.7 Å². The number of amides is 2. The average molecular weight is 403 g/mol.